The van der Waals surface area contributed by atoms with E-state index < -0.39 is 0 Å². The Balaban J connectivity index is 1.31. The first kappa shape index (κ1) is 22.0. The minimum absolute atomic E-state index is 0.109. The van der Waals surface area contributed by atoms with Crippen LogP contribution in [-0.2, 0) is 9.47 Å². The zero-order valence-corrected chi connectivity index (χ0v) is 18.7. The Morgan fingerprint density at radius 2 is 1.66 bits per heavy atom. The normalized spacial score (nSPS) is 23.0. The molecule has 1 aliphatic carbocycles. The first-order valence-corrected chi connectivity index (χ1v) is 10.6. The highest BCUT2D eigenvalue weighted by Gasteiger charge is 2.35. The first-order valence-electron chi connectivity index (χ1n) is 10.6. The Bertz CT molecular complexity index is 713. The van der Waals surface area contributed by atoms with Crippen molar-refractivity contribution in [2.24, 2.45) is 0 Å². The van der Waals surface area contributed by atoms with Gasteiger partial charge in [-0.05, 0) is 41.5 Å². The van der Waals surface area contributed by atoms with E-state index >= 15 is 0 Å². The van der Waals surface area contributed by atoms with Crippen LogP contribution in [0.3, 0.4) is 0 Å². The summed E-state index contributed by atoms with van der Waals surface area (Å²) < 4.78 is 17.6. The molecule has 0 atom stereocenters. The third-order valence-electron chi connectivity index (χ3n) is 5.08. The van der Waals surface area contributed by atoms with Crippen LogP contribution in [0.4, 0.5) is 0 Å². The van der Waals surface area contributed by atoms with Gasteiger partial charge in [0.1, 0.15) is 6.10 Å². The largest absolute Gasteiger partial charge is 0.460 e. The van der Waals surface area contributed by atoms with E-state index in [1.165, 1.54) is 0 Å². The predicted molar refractivity (Wildman–Crippen MR) is 113 cm³/mol. The highest BCUT2D eigenvalue weighted by molar-refractivity contribution is 5.30. The molecule has 0 unspecified atom stereocenters. The van der Waals surface area contributed by atoms with Gasteiger partial charge in [-0.3, -0.25) is 4.90 Å². The number of likely N-dealkylation sites (tertiary alicyclic amines) is 1. The monoisotopic (exact) mass is 401 g/mol. The van der Waals surface area contributed by atoms with Crippen LogP contribution >= 0.6 is 0 Å². The molecular weight excluding hydrogens is 366 g/mol. The van der Waals surface area contributed by atoms with E-state index in [2.05, 4.69) is 68.3 Å². The van der Waals surface area contributed by atoms with Crippen molar-refractivity contribution in [2.75, 3.05) is 19.7 Å². The van der Waals surface area contributed by atoms with Crippen molar-refractivity contribution in [3.63, 3.8) is 0 Å². The van der Waals surface area contributed by atoms with Crippen LogP contribution in [0.5, 0.6) is 6.01 Å². The summed E-state index contributed by atoms with van der Waals surface area (Å²) in [5.74, 6) is 6.22. The zero-order chi connectivity index (χ0) is 21.1. The van der Waals surface area contributed by atoms with Crippen molar-refractivity contribution in [1.82, 2.24) is 14.9 Å². The molecule has 1 aromatic heterocycles. The van der Waals surface area contributed by atoms with Crippen LogP contribution in [0.2, 0.25) is 0 Å². The van der Waals surface area contributed by atoms with Gasteiger partial charge in [0.15, 0.2) is 0 Å². The molecule has 0 amide bonds. The topological polar surface area (TPSA) is 56.7 Å². The summed E-state index contributed by atoms with van der Waals surface area (Å²) in [5, 5.41) is 0. The van der Waals surface area contributed by atoms with Gasteiger partial charge in [-0.25, -0.2) is 9.97 Å². The van der Waals surface area contributed by atoms with Gasteiger partial charge < -0.3 is 14.2 Å². The molecule has 160 valence electrons. The summed E-state index contributed by atoms with van der Waals surface area (Å²) in [6, 6.07) is 0.409. The smallest absolute Gasteiger partial charge is 0.316 e. The average Bonchev–Trinajstić information content (AvgIpc) is 2.53. The van der Waals surface area contributed by atoms with E-state index in [1.54, 1.807) is 12.4 Å². The summed E-state index contributed by atoms with van der Waals surface area (Å²) in [4.78, 5) is 11.0. The van der Waals surface area contributed by atoms with Crippen molar-refractivity contribution < 1.29 is 14.2 Å². The van der Waals surface area contributed by atoms with Gasteiger partial charge in [-0.2, -0.15) is 0 Å². The second kappa shape index (κ2) is 8.99. The summed E-state index contributed by atoms with van der Waals surface area (Å²) >= 11 is 0. The molecular formula is C23H35N3O3. The van der Waals surface area contributed by atoms with Gasteiger partial charge in [-0.15, -0.1) is 0 Å². The van der Waals surface area contributed by atoms with Crippen LogP contribution in [0.1, 0.15) is 66.4 Å². The number of nitrogens with zero attached hydrogens (tertiary/aromatic N) is 3. The molecule has 29 heavy (non-hydrogen) atoms. The number of rotatable bonds is 6. The van der Waals surface area contributed by atoms with Crippen LogP contribution in [0.15, 0.2) is 12.4 Å². The quantitative estimate of drug-likeness (QED) is 0.538. The number of aromatic nitrogens is 2. The second-order valence-electron chi connectivity index (χ2n) is 9.94. The molecule has 0 spiro atoms. The lowest BCUT2D eigenvalue weighted by Gasteiger charge is -2.47. The van der Waals surface area contributed by atoms with Gasteiger partial charge in [0, 0.05) is 50.3 Å². The van der Waals surface area contributed by atoms with Crippen LogP contribution in [-0.4, -0.2) is 64.0 Å². The van der Waals surface area contributed by atoms with Crippen LogP contribution in [0, 0.1) is 11.8 Å². The summed E-state index contributed by atoms with van der Waals surface area (Å²) in [5.41, 5.74) is 0.917. The lowest BCUT2D eigenvalue weighted by molar-refractivity contribution is -0.127. The molecule has 1 saturated carbocycles. The van der Waals surface area contributed by atoms with Crippen LogP contribution in [0.25, 0.3) is 0 Å². The SMILES string of the molecule is CC(C)(C)OC1CC(Oc2ncc(C#CCCOC3CN(C(C)(C)C)C3)cn2)C1. The molecule has 1 aliphatic heterocycles. The van der Waals surface area contributed by atoms with Gasteiger partial charge in [0.05, 0.1) is 30.0 Å². The lowest BCUT2D eigenvalue weighted by atomic mass is 9.91. The Morgan fingerprint density at radius 3 is 2.24 bits per heavy atom. The fraction of sp³-hybridized carbons (Fsp3) is 0.739. The molecule has 6 heteroatoms. The fourth-order valence-electron chi connectivity index (χ4n) is 3.33. The number of hydrogen-bond donors (Lipinski definition) is 0. The third kappa shape index (κ3) is 6.95. The van der Waals surface area contributed by atoms with Gasteiger partial charge >= 0.3 is 6.01 Å². The third-order valence-corrected chi connectivity index (χ3v) is 5.08. The molecule has 0 radical (unpaired) electrons. The predicted octanol–water partition coefficient (Wildman–Crippen LogP) is 3.44. The maximum absolute atomic E-state index is 5.92. The minimum atomic E-state index is -0.109. The van der Waals surface area contributed by atoms with E-state index in [0.717, 1.165) is 31.5 Å². The molecule has 0 bridgehead atoms. The minimum Gasteiger partial charge on any atom is -0.460 e. The molecule has 1 saturated heterocycles. The molecule has 2 fully saturated rings. The summed E-state index contributed by atoms with van der Waals surface area (Å²) in [6.45, 7) is 15.6. The Kier molecular flexibility index (Phi) is 6.83. The van der Waals surface area contributed by atoms with Crippen LogP contribution < -0.4 is 4.74 Å². The van der Waals surface area contributed by atoms with E-state index in [-0.39, 0.29) is 23.3 Å². The number of ether oxygens (including phenoxy) is 3. The van der Waals surface area contributed by atoms with Gasteiger partial charge in [-0.1, -0.05) is 11.8 Å². The van der Waals surface area contributed by atoms with Gasteiger partial charge in [0.2, 0.25) is 0 Å². The molecule has 1 aromatic rings. The van der Waals surface area contributed by atoms with Crippen molar-refractivity contribution in [1.29, 1.82) is 0 Å². The molecule has 0 N–H and O–H groups in total. The van der Waals surface area contributed by atoms with E-state index in [1.807, 2.05) is 0 Å². The van der Waals surface area contributed by atoms with Crippen molar-refractivity contribution in [2.45, 2.75) is 90.3 Å². The average molecular weight is 402 g/mol. The van der Waals surface area contributed by atoms with Crippen molar-refractivity contribution >= 4 is 0 Å². The fourth-order valence-corrected chi connectivity index (χ4v) is 3.33. The molecule has 3 rings (SSSR count). The van der Waals surface area contributed by atoms with E-state index in [4.69, 9.17) is 14.2 Å². The Morgan fingerprint density at radius 1 is 1.00 bits per heavy atom. The maximum Gasteiger partial charge on any atom is 0.316 e. The standard InChI is InChI=1S/C23H35N3O3/c1-22(2,3)26-15-20(16-26)27-10-8-7-9-17-13-24-21(25-14-17)28-18-11-19(12-18)29-23(4,5)6/h13-14,18-20H,8,10-12,15-16H2,1-6H3. The van der Waals surface area contributed by atoms with Crippen molar-refractivity contribution in [3.05, 3.63) is 18.0 Å². The first-order chi connectivity index (χ1) is 13.6. The van der Waals surface area contributed by atoms with Crippen molar-refractivity contribution in [3.8, 4) is 17.9 Å². The zero-order valence-electron chi connectivity index (χ0n) is 18.7. The Labute approximate surface area is 175 Å². The number of hydrogen-bond acceptors (Lipinski definition) is 6. The molecule has 6 nitrogen and oxygen atoms in total. The Hall–Kier alpha value is -1.68. The summed E-state index contributed by atoms with van der Waals surface area (Å²) in [7, 11) is 0. The highest BCUT2D eigenvalue weighted by atomic mass is 16.5. The molecule has 0 aromatic carbocycles. The lowest BCUT2D eigenvalue weighted by Crippen LogP contribution is -2.59. The molecule has 2 heterocycles. The van der Waals surface area contributed by atoms with E-state index in [9.17, 15) is 0 Å². The summed E-state index contributed by atoms with van der Waals surface area (Å²) in [6.07, 6.45) is 6.65. The van der Waals surface area contributed by atoms with E-state index in [0.29, 0.717) is 25.1 Å². The van der Waals surface area contributed by atoms with Gasteiger partial charge in [0.25, 0.3) is 0 Å². The highest BCUT2D eigenvalue weighted by Crippen LogP contribution is 2.30. The second-order valence-corrected chi connectivity index (χ2v) is 9.94. The maximum atomic E-state index is 5.92. The molecule has 2 aliphatic rings.